The highest BCUT2D eigenvalue weighted by molar-refractivity contribution is 7.94. The fourth-order valence-electron chi connectivity index (χ4n) is 1.55. The molecule has 0 spiro atoms. The van der Waals surface area contributed by atoms with E-state index in [2.05, 4.69) is 4.98 Å². The van der Waals surface area contributed by atoms with Gasteiger partial charge in [0.1, 0.15) is 23.2 Å². The molecule has 0 bridgehead atoms. The molecule has 0 aliphatic heterocycles. The highest BCUT2D eigenvalue weighted by Gasteiger charge is 2.25. The summed E-state index contributed by atoms with van der Waals surface area (Å²) in [6.07, 6.45) is -0.204. The van der Waals surface area contributed by atoms with Crippen LogP contribution in [-0.2, 0) is 16.0 Å². The molecule has 0 amide bonds. The third-order valence-corrected chi connectivity index (χ3v) is 2.91. The van der Waals surface area contributed by atoms with Crippen LogP contribution in [0.4, 0.5) is 3.89 Å². The number of hydrogen-bond acceptors (Lipinski definition) is 5. The predicted molar refractivity (Wildman–Crippen MR) is 66.3 cm³/mol. The Kier molecular flexibility index (Phi) is 5.71. The van der Waals surface area contributed by atoms with Gasteiger partial charge in [0.05, 0.1) is 5.92 Å². The van der Waals surface area contributed by atoms with Gasteiger partial charge in [-0.1, -0.05) is 6.07 Å². The van der Waals surface area contributed by atoms with Gasteiger partial charge in [0, 0.05) is 12.1 Å². The van der Waals surface area contributed by atoms with Gasteiger partial charge >= 0.3 is 11.9 Å². The van der Waals surface area contributed by atoms with E-state index < -0.39 is 23.9 Å². The Morgan fingerprint density at radius 1 is 1.37 bits per heavy atom. The molecule has 0 aromatic carbocycles. The van der Waals surface area contributed by atoms with Crippen molar-refractivity contribution in [3.8, 4) is 0 Å². The largest absolute Gasteiger partial charge is 0.481 e. The van der Waals surface area contributed by atoms with E-state index in [9.17, 15) is 13.5 Å². The second-order valence-electron chi connectivity index (χ2n) is 3.96. The van der Waals surface area contributed by atoms with Crippen LogP contribution in [-0.4, -0.2) is 33.2 Å². The molecule has 0 radical (unpaired) electrons. The van der Waals surface area contributed by atoms with E-state index in [1.54, 1.807) is 12.1 Å². The minimum atomic E-state index is -1.26. The van der Waals surface area contributed by atoms with Crippen molar-refractivity contribution >= 4 is 24.1 Å². The minimum absolute atomic E-state index is 0.00468. The summed E-state index contributed by atoms with van der Waals surface area (Å²) in [6, 6.07) is 3.31. The topological polar surface area (TPSA) is 114 Å². The van der Waals surface area contributed by atoms with Crippen LogP contribution in [0.3, 0.4) is 0 Å². The van der Waals surface area contributed by atoms with Crippen molar-refractivity contribution in [2.75, 3.05) is 0 Å². The second-order valence-corrected chi connectivity index (χ2v) is 4.54. The molecule has 2 unspecified atom stereocenters. The van der Waals surface area contributed by atoms with Gasteiger partial charge in [0.25, 0.3) is 0 Å². The van der Waals surface area contributed by atoms with E-state index >= 15 is 0 Å². The zero-order valence-electron chi connectivity index (χ0n) is 9.82. The van der Waals surface area contributed by atoms with Crippen LogP contribution in [0.15, 0.2) is 23.2 Å². The number of rotatable bonds is 7. The third kappa shape index (κ3) is 4.84. The number of hydrogen-bond donors (Lipinski definition) is 3. The SMILES string of the molecule is NC(CC(Cc1cccc(SF)n1)C(=O)O)C(=O)O. The average molecular weight is 288 g/mol. The van der Waals surface area contributed by atoms with Crippen LogP contribution in [0.1, 0.15) is 12.1 Å². The molecule has 2 atom stereocenters. The molecule has 6 nitrogen and oxygen atoms in total. The first-order valence-electron chi connectivity index (χ1n) is 5.39. The van der Waals surface area contributed by atoms with Gasteiger partial charge in [-0.25, -0.2) is 4.98 Å². The van der Waals surface area contributed by atoms with Crippen molar-refractivity contribution in [3.63, 3.8) is 0 Å². The van der Waals surface area contributed by atoms with Gasteiger partial charge in [-0.2, -0.15) is 3.89 Å². The number of aromatic nitrogens is 1. The number of carboxylic acids is 2. The quantitative estimate of drug-likeness (QED) is 0.688. The van der Waals surface area contributed by atoms with Gasteiger partial charge < -0.3 is 15.9 Å². The first kappa shape index (κ1) is 15.4. The molecule has 19 heavy (non-hydrogen) atoms. The fraction of sp³-hybridized carbons (Fsp3) is 0.364. The van der Waals surface area contributed by atoms with E-state index in [-0.39, 0.29) is 30.0 Å². The van der Waals surface area contributed by atoms with Crippen molar-refractivity contribution in [3.05, 3.63) is 23.9 Å². The monoisotopic (exact) mass is 288 g/mol. The Bertz CT molecular complexity index is 472. The van der Waals surface area contributed by atoms with Crippen molar-refractivity contribution < 1.29 is 23.7 Å². The molecule has 0 saturated heterocycles. The smallest absolute Gasteiger partial charge is 0.320 e. The van der Waals surface area contributed by atoms with Gasteiger partial charge in [-0.3, -0.25) is 9.59 Å². The molecule has 0 aliphatic carbocycles. The van der Waals surface area contributed by atoms with Crippen LogP contribution in [0.2, 0.25) is 0 Å². The summed E-state index contributed by atoms with van der Waals surface area (Å²) in [5.74, 6) is -3.39. The molecule has 104 valence electrons. The predicted octanol–water partition coefficient (Wildman–Crippen LogP) is 1.10. The summed E-state index contributed by atoms with van der Waals surface area (Å²) in [6.45, 7) is 0. The maximum Gasteiger partial charge on any atom is 0.320 e. The average Bonchev–Trinajstić information content (AvgIpc) is 2.37. The van der Waals surface area contributed by atoms with Gasteiger partial charge in [0.15, 0.2) is 0 Å². The fourth-order valence-corrected chi connectivity index (χ4v) is 1.83. The van der Waals surface area contributed by atoms with Crippen LogP contribution in [0.5, 0.6) is 0 Å². The number of nitrogens with two attached hydrogens (primary N) is 1. The Hall–Kier alpha value is -1.67. The molecule has 0 saturated carbocycles. The summed E-state index contributed by atoms with van der Waals surface area (Å²) < 4.78 is 12.4. The van der Waals surface area contributed by atoms with Gasteiger partial charge in [-0.05, 0) is 18.6 Å². The molecule has 8 heteroatoms. The van der Waals surface area contributed by atoms with Crippen LogP contribution in [0.25, 0.3) is 0 Å². The lowest BCUT2D eigenvalue weighted by atomic mass is 9.95. The first-order valence-corrected chi connectivity index (χ1v) is 6.11. The van der Waals surface area contributed by atoms with Crippen molar-refractivity contribution in [2.24, 2.45) is 11.7 Å². The second kappa shape index (κ2) is 7.05. The Balaban J connectivity index is 2.78. The lowest BCUT2D eigenvalue weighted by molar-refractivity contribution is -0.143. The number of pyridine rings is 1. The van der Waals surface area contributed by atoms with Crippen LogP contribution < -0.4 is 5.73 Å². The highest BCUT2D eigenvalue weighted by Crippen LogP contribution is 2.19. The van der Waals surface area contributed by atoms with Crippen LogP contribution >= 0.6 is 12.1 Å². The maximum absolute atomic E-state index is 12.4. The van der Waals surface area contributed by atoms with E-state index in [1.165, 1.54) is 6.07 Å². The van der Waals surface area contributed by atoms with E-state index in [0.717, 1.165) is 0 Å². The normalized spacial score (nSPS) is 13.8. The van der Waals surface area contributed by atoms with Crippen LogP contribution in [0, 0.1) is 5.92 Å². The van der Waals surface area contributed by atoms with E-state index in [0.29, 0.717) is 5.69 Å². The Morgan fingerprint density at radius 3 is 2.58 bits per heavy atom. The minimum Gasteiger partial charge on any atom is -0.481 e. The molecule has 1 rings (SSSR count). The Morgan fingerprint density at radius 2 is 2.05 bits per heavy atom. The summed E-state index contributed by atoms with van der Waals surface area (Å²) in [5, 5.41) is 17.8. The lowest BCUT2D eigenvalue weighted by Gasteiger charge is -2.14. The van der Waals surface area contributed by atoms with Crippen molar-refractivity contribution in [2.45, 2.75) is 23.9 Å². The number of nitrogens with zero attached hydrogens (tertiary/aromatic N) is 1. The number of carboxylic acid groups (broad SMARTS) is 2. The summed E-state index contributed by atoms with van der Waals surface area (Å²) in [5.41, 5.74) is 5.70. The van der Waals surface area contributed by atoms with E-state index in [1.807, 2.05) is 0 Å². The molecule has 1 aromatic heterocycles. The molecular formula is C11H13FN2O4S. The number of carbonyl (C=O) groups is 2. The third-order valence-electron chi connectivity index (χ3n) is 2.52. The number of aliphatic carboxylic acids is 2. The van der Waals surface area contributed by atoms with Gasteiger partial charge in [0.2, 0.25) is 0 Å². The molecule has 4 N–H and O–H groups in total. The van der Waals surface area contributed by atoms with Gasteiger partial charge in [-0.15, -0.1) is 0 Å². The maximum atomic E-state index is 12.4. The summed E-state index contributed by atoms with van der Waals surface area (Å²) in [7, 11) is 0. The van der Waals surface area contributed by atoms with E-state index in [4.69, 9.17) is 15.9 Å². The zero-order valence-corrected chi connectivity index (χ0v) is 10.6. The lowest BCUT2D eigenvalue weighted by Crippen LogP contribution is -2.35. The standard InChI is InChI=1S/C11H13FN2O4S/c12-19-9-3-1-2-7(14-9)4-6(10(15)16)5-8(13)11(17)18/h1-3,6,8H,4-5,13H2,(H,15,16)(H,17,18). The Labute approximate surface area is 113 Å². The number of halogens is 1. The zero-order chi connectivity index (χ0) is 14.4. The van der Waals surface area contributed by atoms with Crippen molar-refractivity contribution in [1.29, 1.82) is 0 Å². The molecule has 1 aromatic rings. The highest BCUT2D eigenvalue weighted by atomic mass is 32.2. The molecular weight excluding hydrogens is 275 g/mol. The van der Waals surface area contributed by atoms with Crippen molar-refractivity contribution in [1.82, 2.24) is 4.98 Å². The molecule has 0 aliphatic rings. The summed E-state index contributed by atoms with van der Waals surface area (Å²) >= 11 is -0.0401. The molecule has 1 heterocycles. The summed E-state index contributed by atoms with van der Waals surface area (Å²) in [4.78, 5) is 25.6. The molecule has 0 fully saturated rings. The first-order chi connectivity index (χ1) is 8.93.